The van der Waals surface area contributed by atoms with E-state index < -0.39 is 0 Å². The molecule has 2 aromatic heterocycles. The van der Waals surface area contributed by atoms with Crippen molar-refractivity contribution < 1.29 is 4.52 Å². The van der Waals surface area contributed by atoms with Crippen molar-refractivity contribution in [3.05, 3.63) is 17.7 Å². The summed E-state index contributed by atoms with van der Waals surface area (Å²) in [6.45, 7) is 0. The summed E-state index contributed by atoms with van der Waals surface area (Å²) >= 11 is 0. The second-order valence-electron chi connectivity index (χ2n) is 5.95. The van der Waals surface area contributed by atoms with Crippen molar-refractivity contribution in [2.75, 3.05) is 7.05 Å². The molecule has 2 atom stereocenters. The zero-order valence-corrected chi connectivity index (χ0v) is 11.8. The van der Waals surface area contributed by atoms with Gasteiger partial charge < -0.3 is 9.42 Å². The van der Waals surface area contributed by atoms with Gasteiger partial charge in [0, 0.05) is 18.0 Å². The molecule has 2 bridgehead atoms. The van der Waals surface area contributed by atoms with Crippen molar-refractivity contribution >= 4 is 0 Å². The molecule has 21 heavy (non-hydrogen) atoms. The molecule has 2 unspecified atom stereocenters. The van der Waals surface area contributed by atoms with E-state index in [1.807, 2.05) is 6.07 Å². The van der Waals surface area contributed by atoms with Crippen LogP contribution in [0.25, 0.3) is 11.5 Å². The molecule has 2 aliphatic heterocycles. The lowest BCUT2D eigenvalue weighted by Gasteiger charge is -2.34. The second-order valence-corrected chi connectivity index (χ2v) is 5.95. The van der Waals surface area contributed by atoms with Gasteiger partial charge in [0.25, 0.3) is 5.89 Å². The normalized spacial score (nSPS) is 28.7. The van der Waals surface area contributed by atoms with Crippen LogP contribution in [0.5, 0.6) is 0 Å². The topological polar surface area (TPSA) is 94.6 Å². The fourth-order valence-electron chi connectivity index (χ4n) is 3.67. The van der Waals surface area contributed by atoms with Gasteiger partial charge in [-0.15, -0.1) is 0 Å². The Labute approximate surface area is 121 Å². The van der Waals surface area contributed by atoms with Crippen LogP contribution < -0.4 is 0 Å². The molecular formula is C14H16N6O. The van der Waals surface area contributed by atoms with E-state index in [1.54, 1.807) is 6.20 Å². The number of nitrogens with one attached hydrogen (secondary N) is 1. The molecule has 7 heteroatoms. The van der Waals surface area contributed by atoms with Crippen LogP contribution in [0.1, 0.15) is 43.1 Å². The highest BCUT2D eigenvalue weighted by Crippen LogP contribution is 2.41. The van der Waals surface area contributed by atoms with E-state index in [0.29, 0.717) is 35.1 Å². The van der Waals surface area contributed by atoms with Gasteiger partial charge in [0.1, 0.15) is 11.8 Å². The zero-order chi connectivity index (χ0) is 14.4. The third-order valence-corrected chi connectivity index (χ3v) is 4.89. The second kappa shape index (κ2) is 4.67. The summed E-state index contributed by atoms with van der Waals surface area (Å²) in [5, 5.41) is 19.6. The average molecular weight is 284 g/mol. The van der Waals surface area contributed by atoms with E-state index in [9.17, 15) is 0 Å². The van der Waals surface area contributed by atoms with Gasteiger partial charge in [-0.1, -0.05) is 5.16 Å². The third-order valence-electron chi connectivity index (χ3n) is 4.89. The molecular weight excluding hydrogens is 268 g/mol. The molecule has 0 aliphatic carbocycles. The molecule has 2 aromatic rings. The Kier molecular flexibility index (Phi) is 2.79. The first-order valence-electron chi connectivity index (χ1n) is 7.25. The van der Waals surface area contributed by atoms with Crippen LogP contribution >= 0.6 is 0 Å². The van der Waals surface area contributed by atoms with Crippen molar-refractivity contribution in [1.29, 1.82) is 5.26 Å². The first-order chi connectivity index (χ1) is 10.3. The number of aromatic amines is 1. The van der Waals surface area contributed by atoms with E-state index in [2.05, 4.69) is 32.3 Å². The summed E-state index contributed by atoms with van der Waals surface area (Å²) in [6.07, 6.45) is 6.25. The maximum absolute atomic E-state index is 9.01. The molecule has 4 rings (SSSR count). The molecule has 0 aromatic carbocycles. The number of rotatable bonds is 2. The third kappa shape index (κ3) is 1.94. The summed E-state index contributed by atoms with van der Waals surface area (Å²) in [4.78, 5) is 6.99. The van der Waals surface area contributed by atoms with Crippen molar-refractivity contribution in [2.24, 2.45) is 0 Å². The number of piperidine rings is 1. The Morgan fingerprint density at radius 2 is 2.14 bits per heavy atom. The Hall–Kier alpha value is -2.20. The molecule has 0 radical (unpaired) electrons. The van der Waals surface area contributed by atoms with Gasteiger partial charge in [-0.25, -0.2) is 0 Å². The number of nitriles is 1. The van der Waals surface area contributed by atoms with Gasteiger partial charge >= 0.3 is 0 Å². The Balaban J connectivity index is 1.60. The predicted molar refractivity (Wildman–Crippen MR) is 73.1 cm³/mol. The maximum atomic E-state index is 9.01. The number of aromatic nitrogens is 4. The van der Waals surface area contributed by atoms with Crippen LogP contribution in [0.2, 0.25) is 0 Å². The van der Waals surface area contributed by atoms with Crippen LogP contribution in [-0.4, -0.2) is 44.4 Å². The van der Waals surface area contributed by atoms with Crippen LogP contribution in [0.4, 0.5) is 0 Å². The molecule has 108 valence electrons. The van der Waals surface area contributed by atoms with Crippen molar-refractivity contribution in [3.63, 3.8) is 0 Å². The van der Waals surface area contributed by atoms with Gasteiger partial charge in [0.15, 0.2) is 5.82 Å². The molecule has 0 spiro atoms. The van der Waals surface area contributed by atoms with E-state index >= 15 is 0 Å². The Morgan fingerprint density at radius 1 is 1.38 bits per heavy atom. The van der Waals surface area contributed by atoms with Gasteiger partial charge in [-0.05, 0) is 32.7 Å². The lowest BCUT2D eigenvalue weighted by atomic mass is 9.90. The highest BCUT2D eigenvalue weighted by atomic mass is 16.5. The molecule has 0 amide bonds. The van der Waals surface area contributed by atoms with Crippen LogP contribution in [0.3, 0.4) is 0 Å². The van der Waals surface area contributed by atoms with Crippen LogP contribution in [0.15, 0.2) is 10.7 Å². The number of H-pyrrole nitrogens is 1. The van der Waals surface area contributed by atoms with Crippen molar-refractivity contribution in [1.82, 2.24) is 25.2 Å². The number of hydrogen-bond acceptors (Lipinski definition) is 6. The Bertz CT molecular complexity index is 684. The quantitative estimate of drug-likeness (QED) is 0.901. The van der Waals surface area contributed by atoms with E-state index in [-0.39, 0.29) is 0 Å². The summed E-state index contributed by atoms with van der Waals surface area (Å²) < 4.78 is 5.34. The zero-order valence-electron chi connectivity index (χ0n) is 11.8. The minimum atomic E-state index is 0.355. The lowest BCUT2D eigenvalue weighted by Crippen LogP contribution is -2.39. The van der Waals surface area contributed by atoms with Crippen LogP contribution in [0, 0.1) is 11.3 Å². The number of nitrogens with zero attached hydrogens (tertiary/aromatic N) is 5. The summed E-state index contributed by atoms with van der Waals surface area (Å²) in [5.74, 6) is 1.50. The summed E-state index contributed by atoms with van der Waals surface area (Å²) in [5.41, 5.74) is 0.931. The van der Waals surface area contributed by atoms with Gasteiger partial charge in [0.05, 0.1) is 11.8 Å². The SMILES string of the molecule is CN1C2CCC1CC(c1noc(-c3cn[nH]c3C#N)n1)C2. The maximum Gasteiger partial charge on any atom is 0.262 e. The molecule has 4 heterocycles. The summed E-state index contributed by atoms with van der Waals surface area (Å²) in [6, 6.07) is 3.32. The van der Waals surface area contributed by atoms with Gasteiger partial charge in [-0.3, -0.25) is 5.10 Å². The van der Waals surface area contributed by atoms with Crippen molar-refractivity contribution in [3.8, 4) is 17.5 Å². The molecule has 2 saturated heterocycles. The largest absolute Gasteiger partial charge is 0.334 e. The van der Waals surface area contributed by atoms with Crippen LogP contribution in [-0.2, 0) is 0 Å². The highest BCUT2D eigenvalue weighted by molar-refractivity contribution is 5.59. The molecule has 7 nitrogen and oxygen atoms in total. The van der Waals surface area contributed by atoms with Crippen molar-refractivity contribution in [2.45, 2.75) is 43.7 Å². The molecule has 0 saturated carbocycles. The van der Waals surface area contributed by atoms with Gasteiger partial charge in [-0.2, -0.15) is 15.3 Å². The molecule has 2 aliphatic rings. The first-order valence-corrected chi connectivity index (χ1v) is 7.25. The fourth-order valence-corrected chi connectivity index (χ4v) is 3.67. The smallest absolute Gasteiger partial charge is 0.262 e. The summed E-state index contributed by atoms with van der Waals surface area (Å²) in [7, 11) is 2.21. The number of fused-ring (bicyclic) bond motifs is 2. The molecule has 2 fully saturated rings. The molecule has 1 N–H and O–H groups in total. The minimum Gasteiger partial charge on any atom is -0.334 e. The van der Waals surface area contributed by atoms with E-state index in [0.717, 1.165) is 18.7 Å². The minimum absolute atomic E-state index is 0.355. The van der Waals surface area contributed by atoms with E-state index in [4.69, 9.17) is 9.78 Å². The first kappa shape index (κ1) is 12.5. The number of hydrogen-bond donors (Lipinski definition) is 1. The average Bonchev–Trinajstić information content (AvgIpc) is 3.17. The van der Waals surface area contributed by atoms with Gasteiger partial charge in [0.2, 0.25) is 0 Å². The lowest BCUT2D eigenvalue weighted by molar-refractivity contribution is 0.157. The standard InChI is InChI=1S/C14H16N6O/c1-20-9-2-3-10(20)5-8(4-9)13-17-14(21-19-13)11-7-16-18-12(11)6-15/h7-10H,2-5H2,1H3,(H,16,18). The predicted octanol–water partition coefficient (Wildman–Crippen LogP) is 1.67. The monoisotopic (exact) mass is 284 g/mol. The Morgan fingerprint density at radius 3 is 2.86 bits per heavy atom. The highest BCUT2D eigenvalue weighted by Gasteiger charge is 2.40. The van der Waals surface area contributed by atoms with E-state index in [1.165, 1.54) is 12.8 Å². The fraction of sp³-hybridized carbons (Fsp3) is 0.571.